The van der Waals surface area contributed by atoms with Gasteiger partial charge in [-0.25, -0.2) is 0 Å². The molecule has 0 atom stereocenters. The maximum Gasteiger partial charge on any atom is 0.251 e. The van der Waals surface area contributed by atoms with Crippen LogP contribution in [0.1, 0.15) is 28.8 Å². The van der Waals surface area contributed by atoms with Crippen molar-refractivity contribution in [3.05, 3.63) is 63.1 Å². The fraction of sp³-hybridized carbons (Fsp3) is 0.222. The second-order valence-electron chi connectivity index (χ2n) is 5.37. The maximum atomic E-state index is 12.0. The molecule has 0 fully saturated rings. The molecule has 2 N–H and O–H groups in total. The van der Waals surface area contributed by atoms with Crippen molar-refractivity contribution in [2.24, 2.45) is 0 Å². The van der Waals surface area contributed by atoms with Crippen LogP contribution in [0.15, 0.2) is 46.9 Å². The van der Waals surface area contributed by atoms with E-state index < -0.39 is 0 Å². The summed E-state index contributed by atoms with van der Waals surface area (Å²) < 4.78 is 0.975. The summed E-state index contributed by atoms with van der Waals surface area (Å²) in [5.74, 6) is -0.239. The van der Waals surface area contributed by atoms with Crippen LogP contribution >= 0.6 is 27.5 Å². The Morgan fingerprint density at radius 1 is 1.12 bits per heavy atom. The third kappa shape index (κ3) is 5.65. The van der Waals surface area contributed by atoms with Crippen LogP contribution in [-0.4, -0.2) is 18.4 Å². The molecule has 0 radical (unpaired) electrons. The first-order valence-electron chi connectivity index (χ1n) is 7.55. The minimum Gasteiger partial charge on any atom is -0.352 e. The normalized spacial score (nSPS) is 10.3. The van der Waals surface area contributed by atoms with Crippen LogP contribution in [0.25, 0.3) is 0 Å². The molecule has 24 heavy (non-hydrogen) atoms. The molecule has 0 heterocycles. The highest BCUT2D eigenvalue weighted by Gasteiger charge is 2.07. The molecule has 2 aromatic rings. The second kappa shape index (κ2) is 8.85. The molecule has 6 heteroatoms. The fourth-order valence-electron chi connectivity index (χ4n) is 2.13. The van der Waals surface area contributed by atoms with Crippen LogP contribution in [0, 0.1) is 6.92 Å². The van der Waals surface area contributed by atoms with E-state index in [1.807, 2.05) is 25.1 Å². The van der Waals surface area contributed by atoms with E-state index in [0.717, 1.165) is 15.7 Å². The molecule has 0 spiro atoms. The van der Waals surface area contributed by atoms with Gasteiger partial charge in [-0.2, -0.15) is 0 Å². The van der Waals surface area contributed by atoms with E-state index >= 15 is 0 Å². The lowest BCUT2D eigenvalue weighted by Gasteiger charge is -2.09. The standard InChI is InChI=1S/C18H18BrClN2O2/c1-12-11-14(19)6-9-16(12)22-17(23)3-2-10-21-18(24)13-4-7-15(20)8-5-13/h4-9,11H,2-3,10H2,1H3,(H,21,24)(H,22,23). The van der Waals surface area contributed by atoms with Crippen molar-refractivity contribution in [2.45, 2.75) is 19.8 Å². The number of benzene rings is 2. The van der Waals surface area contributed by atoms with Gasteiger partial charge in [-0.3, -0.25) is 9.59 Å². The van der Waals surface area contributed by atoms with Gasteiger partial charge in [0.15, 0.2) is 0 Å². The Hall–Kier alpha value is -1.85. The number of hydrogen-bond donors (Lipinski definition) is 2. The van der Waals surface area contributed by atoms with Crippen LogP contribution in [0.5, 0.6) is 0 Å². The fourth-order valence-corrected chi connectivity index (χ4v) is 2.74. The number of halogens is 2. The van der Waals surface area contributed by atoms with Crippen molar-refractivity contribution in [1.29, 1.82) is 0 Å². The summed E-state index contributed by atoms with van der Waals surface area (Å²) in [6, 6.07) is 12.4. The Bertz CT molecular complexity index is 732. The molecule has 2 aromatic carbocycles. The van der Waals surface area contributed by atoms with Crippen LogP contribution in [0.2, 0.25) is 5.02 Å². The first kappa shape index (κ1) is 18.5. The number of nitrogens with one attached hydrogen (secondary N) is 2. The Morgan fingerprint density at radius 3 is 2.50 bits per heavy atom. The van der Waals surface area contributed by atoms with Crippen LogP contribution in [-0.2, 0) is 4.79 Å². The lowest BCUT2D eigenvalue weighted by atomic mass is 10.2. The average molecular weight is 410 g/mol. The summed E-state index contributed by atoms with van der Waals surface area (Å²) in [6.07, 6.45) is 0.914. The maximum absolute atomic E-state index is 12.0. The molecule has 2 amide bonds. The van der Waals surface area contributed by atoms with Gasteiger partial charge in [0.2, 0.25) is 5.91 Å². The van der Waals surface area contributed by atoms with Gasteiger partial charge in [-0.1, -0.05) is 27.5 Å². The molecule has 0 aliphatic rings. The molecule has 0 saturated carbocycles. The molecule has 4 nitrogen and oxygen atoms in total. The summed E-state index contributed by atoms with van der Waals surface area (Å²) in [5.41, 5.74) is 2.34. The Labute approximate surface area is 154 Å². The van der Waals surface area contributed by atoms with E-state index in [9.17, 15) is 9.59 Å². The highest BCUT2D eigenvalue weighted by molar-refractivity contribution is 9.10. The number of anilines is 1. The van der Waals surface area contributed by atoms with Crippen LogP contribution in [0.3, 0.4) is 0 Å². The minimum absolute atomic E-state index is 0.0684. The molecular formula is C18H18BrClN2O2. The summed E-state index contributed by atoms with van der Waals surface area (Å²) in [6.45, 7) is 2.38. The smallest absolute Gasteiger partial charge is 0.251 e. The monoisotopic (exact) mass is 408 g/mol. The Kier molecular flexibility index (Phi) is 6.82. The quantitative estimate of drug-likeness (QED) is 0.687. The van der Waals surface area contributed by atoms with Crippen LogP contribution < -0.4 is 10.6 Å². The van der Waals surface area contributed by atoms with Gasteiger partial charge in [0.1, 0.15) is 0 Å². The zero-order valence-electron chi connectivity index (χ0n) is 13.2. The molecule has 0 saturated heterocycles. The molecule has 0 aromatic heterocycles. The van der Waals surface area contributed by atoms with E-state index in [0.29, 0.717) is 30.0 Å². The minimum atomic E-state index is -0.171. The third-order valence-electron chi connectivity index (χ3n) is 3.44. The van der Waals surface area contributed by atoms with Crippen molar-refractivity contribution in [3.8, 4) is 0 Å². The molecule has 0 aliphatic heterocycles. The molecule has 0 aliphatic carbocycles. The molecular weight excluding hydrogens is 392 g/mol. The first-order chi connectivity index (χ1) is 11.5. The number of amides is 2. The van der Waals surface area contributed by atoms with Crippen molar-refractivity contribution in [2.75, 3.05) is 11.9 Å². The summed E-state index contributed by atoms with van der Waals surface area (Å²) in [5, 5.41) is 6.25. The molecule has 0 unspecified atom stereocenters. The highest BCUT2D eigenvalue weighted by Crippen LogP contribution is 2.20. The number of hydrogen-bond acceptors (Lipinski definition) is 2. The van der Waals surface area contributed by atoms with Crippen molar-refractivity contribution < 1.29 is 9.59 Å². The van der Waals surface area contributed by atoms with Gasteiger partial charge in [0, 0.05) is 33.7 Å². The van der Waals surface area contributed by atoms with Crippen molar-refractivity contribution in [1.82, 2.24) is 5.32 Å². The van der Waals surface area contributed by atoms with Gasteiger partial charge in [0.05, 0.1) is 0 Å². The van der Waals surface area contributed by atoms with E-state index in [1.54, 1.807) is 24.3 Å². The topological polar surface area (TPSA) is 58.2 Å². The van der Waals surface area contributed by atoms with Gasteiger partial charge in [-0.05, 0) is 61.4 Å². The largest absolute Gasteiger partial charge is 0.352 e. The second-order valence-corrected chi connectivity index (χ2v) is 6.73. The van der Waals surface area contributed by atoms with E-state index in [-0.39, 0.29) is 11.8 Å². The SMILES string of the molecule is Cc1cc(Br)ccc1NC(=O)CCCNC(=O)c1ccc(Cl)cc1. The summed E-state index contributed by atoms with van der Waals surface area (Å²) in [7, 11) is 0. The van der Waals surface area contributed by atoms with Gasteiger partial charge in [-0.15, -0.1) is 0 Å². The predicted molar refractivity (Wildman–Crippen MR) is 101 cm³/mol. The zero-order chi connectivity index (χ0) is 17.5. The van der Waals surface area contributed by atoms with Crippen molar-refractivity contribution >= 4 is 45.0 Å². The van der Waals surface area contributed by atoms with E-state index in [1.165, 1.54) is 0 Å². The number of carbonyl (C=O) groups excluding carboxylic acids is 2. The highest BCUT2D eigenvalue weighted by atomic mass is 79.9. The van der Waals surface area contributed by atoms with Crippen molar-refractivity contribution in [3.63, 3.8) is 0 Å². The Morgan fingerprint density at radius 2 is 1.83 bits per heavy atom. The molecule has 0 bridgehead atoms. The summed E-state index contributed by atoms with van der Waals surface area (Å²) >= 11 is 9.18. The first-order valence-corrected chi connectivity index (χ1v) is 8.72. The predicted octanol–water partition coefficient (Wildman–Crippen LogP) is 4.56. The lowest BCUT2D eigenvalue weighted by Crippen LogP contribution is -2.25. The number of aryl methyl sites for hydroxylation is 1. The van der Waals surface area contributed by atoms with Gasteiger partial charge >= 0.3 is 0 Å². The summed E-state index contributed by atoms with van der Waals surface area (Å²) in [4.78, 5) is 23.9. The number of rotatable bonds is 6. The Balaban J connectivity index is 1.72. The molecule has 2 rings (SSSR count). The molecule has 126 valence electrons. The van der Waals surface area contributed by atoms with Gasteiger partial charge in [0.25, 0.3) is 5.91 Å². The third-order valence-corrected chi connectivity index (χ3v) is 4.18. The van der Waals surface area contributed by atoms with E-state index in [2.05, 4.69) is 26.6 Å². The van der Waals surface area contributed by atoms with E-state index in [4.69, 9.17) is 11.6 Å². The van der Waals surface area contributed by atoms with Gasteiger partial charge < -0.3 is 10.6 Å². The zero-order valence-corrected chi connectivity index (χ0v) is 15.6. The van der Waals surface area contributed by atoms with Crippen LogP contribution in [0.4, 0.5) is 5.69 Å². The average Bonchev–Trinajstić information content (AvgIpc) is 2.55. The number of carbonyl (C=O) groups is 2. The lowest BCUT2D eigenvalue weighted by molar-refractivity contribution is -0.116.